The number of benzene rings is 1. The van der Waals surface area contributed by atoms with Gasteiger partial charge in [-0.3, -0.25) is 9.48 Å². The summed E-state index contributed by atoms with van der Waals surface area (Å²) in [5.41, 5.74) is 0.995. The molecule has 1 aromatic heterocycles. The van der Waals surface area contributed by atoms with Gasteiger partial charge in [0.15, 0.2) is 0 Å². The molecule has 21 heavy (non-hydrogen) atoms. The van der Waals surface area contributed by atoms with Crippen LogP contribution in [0.4, 0.5) is 10.1 Å². The van der Waals surface area contributed by atoms with E-state index in [-0.39, 0.29) is 24.2 Å². The average Bonchev–Trinajstić information content (AvgIpc) is 3.12. The second-order valence-electron chi connectivity index (χ2n) is 5.04. The zero-order valence-corrected chi connectivity index (χ0v) is 11.5. The highest BCUT2D eigenvalue weighted by atomic mass is 19.1. The molecule has 1 aliphatic heterocycles. The summed E-state index contributed by atoms with van der Waals surface area (Å²) in [5.74, 6) is -0.631. The summed E-state index contributed by atoms with van der Waals surface area (Å²) >= 11 is 0. The molecule has 2 aromatic rings. The zero-order chi connectivity index (χ0) is 14.7. The van der Waals surface area contributed by atoms with Crippen LogP contribution in [0.2, 0.25) is 0 Å². The lowest BCUT2D eigenvalue weighted by molar-refractivity contribution is -0.115. The number of anilines is 1. The molecule has 1 N–H and O–H groups in total. The Bertz CT molecular complexity index is 635. The number of halogens is 1. The number of amides is 1. The number of hydrogen-bond donors (Lipinski definition) is 1. The first-order valence-electron chi connectivity index (χ1n) is 6.87. The van der Waals surface area contributed by atoms with Gasteiger partial charge in [0.05, 0.1) is 31.0 Å². The normalized spacial score (nSPS) is 17.9. The summed E-state index contributed by atoms with van der Waals surface area (Å²) in [6.45, 7) is 1.38. The lowest BCUT2D eigenvalue weighted by Crippen LogP contribution is -2.15. The van der Waals surface area contributed by atoms with Crippen LogP contribution < -0.4 is 5.32 Å². The molecule has 0 bridgehead atoms. The zero-order valence-electron chi connectivity index (χ0n) is 11.5. The molecule has 1 atom stereocenters. The molecule has 0 spiro atoms. The Hall–Kier alpha value is -2.21. The van der Waals surface area contributed by atoms with E-state index in [0.29, 0.717) is 17.9 Å². The van der Waals surface area contributed by atoms with Crippen LogP contribution in [0.3, 0.4) is 0 Å². The molecule has 0 saturated carbocycles. The third-order valence-corrected chi connectivity index (χ3v) is 3.47. The fourth-order valence-corrected chi connectivity index (χ4v) is 2.35. The van der Waals surface area contributed by atoms with E-state index < -0.39 is 0 Å². The molecule has 6 heteroatoms. The van der Waals surface area contributed by atoms with Crippen LogP contribution in [0.15, 0.2) is 36.7 Å². The minimum atomic E-state index is -0.369. The molecular formula is C15H16FN3O2. The van der Waals surface area contributed by atoms with E-state index in [9.17, 15) is 9.18 Å². The number of hydrogen-bond acceptors (Lipinski definition) is 3. The van der Waals surface area contributed by atoms with Crippen LogP contribution in [0.1, 0.15) is 18.0 Å². The summed E-state index contributed by atoms with van der Waals surface area (Å²) in [5, 5.41) is 6.96. The lowest BCUT2D eigenvalue weighted by Gasteiger charge is -2.07. The Morgan fingerprint density at radius 1 is 1.48 bits per heavy atom. The van der Waals surface area contributed by atoms with Gasteiger partial charge < -0.3 is 10.1 Å². The van der Waals surface area contributed by atoms with Crippen molar-refractivity contribution in [3.8, 4) is 0 Å². The van der Waals surface area contributed by atoms with Crippen LogP contribution >= 0.6 is 0 Å². The van der Waals surface area contributed by atoms with E-state index in [4.69, 9.17) is 4.74 Å². The number of carbonyl (C=O) groups excluding carboxylic acids is 1. The van der Waals surface area contributed by atoms with Crippen LogP contribution in [0, 0.1) is 5.82 Å². The largest absolute Gasteiger partial charge is 0.379 e. The molecule has 5 nitrogen and oxygen atoms in total. The predicted octanol–water partition coefficient (Wildman–Crippen LogP) is 2.16. The van der Waals surface area contributed by atoms with Gasteiger partial charge in [0, 0.05) is 12.8 Å². The molecule has 1 saturated heterocycles. The smallest absolute Gasteiger partial charge is 0.228 e. The first-order chi connectivity index (χ1) is 10.2. The van der Waals surface area contributed by atoms with E-state index in [1.54, 1.807) is 35.3 Å². The summed E-state index contributed by atoms with van der Waals surface area (Å²) in [6.07, 6.45) is 4.30. The minimum absolute atomic E-state index is 0.00436. The van der Waals surface area contributed by atoms with Crippen molar-refractivity contribution in [3.05, 3.63) is 48.0 Å². The van der Waals surface area contributed by atoms with Crippen molar-refractivity contribution in [1.29, 1.82) is 0 Å². The molecule has 3 rings (SSSR count). The van der Waals surface area contributed by atoms with Crippen molar-refractivity contribution in [1.82, 2.24) is 9.78 Å². The van der Waals surface area contributed by atoms with E-state index in [1.807, 2.05) is 0 Å². The van der Waals surface area contributed by atoms with Gasteiger partial charge in [0.25, 0.3) is 0 Å². The molecule has 1 amide bonds. The maximum absolute atomic E-state index is 13.5. The van der Waals surface area contributed by atoms with Crippen molar-refractivity contribution in [2.24, 2.45) is 0 Å². The maximum Gasteiger partial charge on any atom is 0.228 e. The van der Waals surface area contributed by atoms with Gasteiger partial charge in [-0.15, -0.1) is 0 Å². The fraction of sp³-hybridized carbons (Fsp3) is 0.333. The molecular weight excluding hydrogens is 273 g/mol. The van der Waals surface area contributed by atoms with Gasteiger partial charge in [-0.2, -0.15) is 5.10 Å². The molecule has 1 aromatic carbocycles. The number of nitrogens with zero attached hydrogens (tertiary/aromatic N) is 2. The van der Waals surface area contributed by atoms with Crippen molar-refractivity contribution in [2.75, 3.05) is 18.5 Å². The lowest BCUT2D eigenvalue weighted by atomic mass is 10.1. The fourth-order valence-electron chi connectivity index (χ4n) is 2.35. The van der Waals surface area contributed by atoms with E-state index in [2.05, 4.69) is 10.4 Å². The Balaban J connectivity index is 1.61. The number of rotatable bonds is 4. The van der Waals surface area contributed by atoms with E-state index in [0.717, 1.165) is 13.0 Å². The van der Waals surface area contributed by atoms with Crippen molar-refractivity contribution in [3.63, 3.8) is 0 Å². The first-order valence-corrected chi connectivity index (χ1v) is 6.87. The van der Waals surface area contributed by atoms with Gasteiger partial charge in [0.2, 0.25) is 5.91 Å². The molecule has 0 radical (unpaired) electrons. The number of aromatic nitrogens is 2. The van der Waals surface area contributed by atoms with Crippen molar-refractivity contribution in [2.45, 2.75) is 18.9 Å². The molecule has 0 aliphatic carbocycles. The van der Waals surface area contributed by atoms with Gasteiger partial charge in [0.1, 0.15) is 5.82 Å². The summed E-state index contributed by atoms with van der Waals surface area (Å²) < 4.78 is 20.6. The second kappa shape index (κ2) is 6.05. The standard InChI is InChI=1S/C15H16FN3O2/c16-14-4-2-1-3-11(14)7-15(20)18-12-8-17-19(9-12)13-5-6-21-10-13/h1-4,8-9,13H,5-7,10H2,(H,18,20). The second-order valence-corrected chi connectivity index (χ2v) is 5.04. The molecule has 2 heterocycles. The topological polar surface area (TPSA) is 56.2 Å². The Morgan fingerprint density at radius 3 is 3.10 bits per heavy atom. The van der Waals surface area contributed by atoms with Gasteiger partial charge in [-0.05, 0) is 18.1 Å². The van der Waals surface area contributed by atoms with Crippen LogP contribution in [-0.4, -0.2) is 28.9 Å². The predicted molar refractivity (Wildman–Crippen MR) is 75.4 cm³/mol. The van der Waals surface area contributed by atoms with Crippen molar-refractivity contribution >= 4 is 11.6 Å². The molecule has 1 aliphatic rings. The van der Waals surface area contributed by atoms with Crippen LogP contribution in [0.25, 0.3) is 0 Å². The molecule has 1 unspecified atom stereocenters. The highest BCUT2D eigenvalue weighted by Crippen LogP contribution is 2.19. The minimum Gasteiger partial charge on any atom is -0.379 e. The molecule has 110 valence electrons. The van der Waals surface area contributed by atoms with Crippen LogP contribution in [-0.2, 0) is 16.0 Å². The van der Waals surface area contributed by atoms with E-state index >= 15 is 0 Å². The highest BCUT2D eigenvalue weighted by Gasteiger charge is 2.18. The summed E-state index contributed by atoms with van der Waals surface area (Å²) in [7, 11) is 0. The SMILES string of the molecule is O=C(Cc1ccccc1F)Nc1cnn(C2CCOC2)c1. The maximum atomic E-state index is 13.5. The van der Waals surface area contributed by atoms with Crippen molar-refractivity contribution < 1.29 is 13.9 Å². The average molecular weight is 289 g/mol. The van der Waals surface area contributed by atoms with Crippen LogP contribution in [0.5, 0.6) is 0 Å². The van der Waals surface area contributed by atoms with Gasteiger partial charge >= 0.3 is 0 Å². The number of ether oxygens (including phenoxy) is 1. The van der Waals surface area contributed by atoms with E-state index in [1.165, 1.54) is 6.07 Å². The third-order valence-electron chi connectivity index (χ3n) is 3.47. The Morgan fingerprint density at radius 2 is 2.33 bits per heavy atom. The number of nitrogens with one attached hydrogen (secondary N) is 1. The highest BCUT2D eigenvalue weighted by molar-refractivity contribution is 5.92. The Labute approximate surface area is 121 Å². The summed E-state index contributed by atoms with van der Waals surface area (Å²) in [4.78, 5) is 11.9. The molecule has 1 fully saturated rings. The number of carbonyl (C=O) groups is 1. The Kier molecular flexibility index (Phi) is 3.96. The van der Waals surface area contributed by atoms with Gasteiger partial charge in [-0.25, -0.2) is 4.39 Å². The third kappa shape index (κ3) is 3.28. The monoisotopic (exact) mass is 289 g/mol. The van der Waals surface area contributed by atoms with Gasteiger partial charge in [-0.1, -0.05) is 18.2 Å². The summed E-state index contributed by atoms with van der Waals surface area (Å²) in [6, 6.07) is 6.49. The quantitative estimate of drug-likeness (QED) is 0.938. The first kappa shape index (κ1) is 13.8.